The monoisotopic (exact) mass is 370 g/mol. The SMILES string of the molecule is CCSc1nc(Nc2cn(C(C)(C)C#N)nc2C)ncc1C(F)(F)F. The lowest BCUT2D eigenvalue weighted by Gasteiger charge is -2.15. The zero-order valence-electron chi connectivity index (χ0n) is 14.1. The largest absolute Gasteiger partial charge is 0.420 e. The molecule has 0 bridgehead atoms. The van der Waals surface area contributed by atoms with Crippen LogP contribution in [-0.2, 0) is 11.7 Å². The Balaban J connectivity index is 2.36. The van der Waals surface area contributed by atoms with Gasteiger partial charge >= 0.3 is 6.18 Å². The number of thioether (sulfide) groups is 1. The summed E-state index contributed by atoms with van der Waals surface area (Å²) >= 11 is 0.996. The number of hydrogen-bond acceptors (Lipinski definition) is 6. The van der Waals surface area contributed by atoms with Gasteiger partial charge in [-0.3, -0.25) is 4.68 Å². The van der Waals surface area contributed by atoms with E-state index in [0.29, 0.717) is 17.1 Å². The molecule has 2 rings (SSSR count). The van der Waals surface area contributed by atoms with E-state index in [2.05, 4.69) is 26.5 Å². The molecule has 6 nitrogen and oxygen atoms in total. The fourth-order valence-electron chi connectivity index (χ4n) is 1.91. The Kier molecular flexibility index (Phi) is 5.27. The first-order valence-corrected chi connectivity index (χ1v) is 8.39. The fourth-order valence-corrected chi connectivity index (χ4v) is 2.66. The first kappa shape index (κ1) is 19.1. The number of halogens is 3. The fraction of sp³-hybridized carbons (Fsp3) is 0.467. The molecule has 0 saturated carbocycles. The van der Waals surface area contributed by atoms with Crippen molar-refractivity contribution in [2.24, 2.45) is 0 Å². The van der Waals surface area contributed by atoms with E-state index >= 15 is 0 Å². The van der Waals surface area contributed by atoms with Crippen LogP contribution in [0.1, 0.15) is 32.0 Å². The number of aromatic nitrogens is 4. The van der Waals surface area contributed by atoms with Gasteiger partial charge in [-0.25, -0.2) is 9.97 Å². The molecule has 0 aliphatic rings. The van der Waals surface area contributed by atoms with Gasteiger partial charge in [0.15, 0.2) is 0 Å². The van der Waals surface area contributed by atoms with E-state index < -0.39 is 17.3 Å². The minimum absolute atomic E-state index is 0.0429. The van der Waals surface area contributed by atoms with Crippen LogP contribution in [0.5, 0.6) is 0 Å². The number of anilines is 2. The molecule has 0 atom stereocenters. The summed E-state index contributed by atoms with van der Waals surface area (Å²) in [5, 5.41) is 16.2. The van der Waals surface area contributed by atoms with Crippen LogP contribution in [0.3, 0.4) is 0 Å². The molecule has 25 heavy (non-hydrogen) atoms. The summed E-state index contributed by atoms with van der Waals surface area (Å²) in [6.45, 7) is 6.87. The van der Waals surface area contributed by atoms with Crippen molar-refractivity contribution < 1.29 is 13.2 Å². The third-order valence-corrected chi connectivity index (χ3v) is 4.21. The normalized spacial score (nSPS) is 12.1. The van der Waals surface area contributed by atoms with Crippen molar-refractivity contribution in [3.05, 3.63) is 23.7 Å². The molecule has 0 aliphatic carbocycles. The maximum absolute atomic E-state index is 13.0. The summed E-state index contributed by atoms with van der Waals surface area (Å²) in [4.78, 5) is 7.73. The molecule has 10 heteroatoms. The molecule has 0 spiro atoms. The van der Waals surface area contributed by atoms with Gasteiger partial charge in [-0.05, 0) is 26.5 Å². The first-order valence-electron chi connectivity index (χ1n) is 7.40. The van der Waals surface area contributed by atoms with Crippen molar-refractivity contribution in [2.75, 3.05) is 11.1 Å². The lowest BCUT2D eigenvalue weighted by atomic mass is 10.1. The van der Waals surface area contributed by atoms with Crippen LogP contribution in [-0.4, -0.2) is 25.5 Å². The van der Waals surface area contributed by atoms with Crippen LogP contribution in [0.4, 0.5) is 24.8 Å². The van der Waals surface area contributed by atoms with Gasteiger partial charge in [0, 0.05) is 6.20 Å². The third kappa shape index (κ3) is 4.22. The zero-order chi connectivity index (χ0) is 18.8. The summed E-state index contributed by atoms with van der Waals surface area (Å²) in [6.07, 6.45) is -2.13. The molecule has 0 aromatic carbocycles. The van der Waals surface area contributed by atoms with Gasteiger partial charge in [0.2, 0.25) is 5.95 Å². The molecule has 2 heterocycles. The highest BCUT2D eigenvalue weighted by Gasteiger charge is 2.35. The lowest BCUT2D eigenvalue weighted by molar-refractivity contribution is -0.140. The van der Waals surface area contributed by atoms with Gasteiger partial charge in [-0.15, -0.1) is 11.8 Å². The summed E-state index contributed by atoms with van der Waals surface area (Å²) < 4.78 is 40.5. The molecule has 0 unspecified atom stereocenters. The van der Waals surface area contributed by atoms with Crippen molar-refractivity contribution in [1.29, 1.82) is 5.26 Å². The van der Waals surface area contributed by atoms with Crippen LogP contribution >= 0.6 is 11.8 Å². The molecular formula is C15H17F3N6S. The van der Waals surface area contributed by atoms with Crippen LogP contribution in [0.25, 0.3) is 0 Å². The highest BCUT2D eigenvalue weighted by molar-refractivity contribution is 7.99. The Bertz CT molecular complexity index is 807. The molecule has 0 aliphatic heterocycles. The van der Waals surface area contributed by atoms with E-state index in [-0.39, 0.29) is 11.0 Å². The maximum atomic E-state index is 13.0. The molecular weight excluding hydrogens is 353 g/mol. The smallest absolute Gasteiger partial charge is 0.321 e. The predicted molar refractivity (Wildman–Crippen MR) is 88.6 cm³/mol. The van der Waals surface area contributed by atoms with Crippen LogP contribution in [0.2, 0.25) is 0 Å². The van der Waals surface area contributed by atoms with Crippen molar-refractivity contribution in [3.8, 4) is 6.07 Å². The van der Waals surface area contributed by atoms with Gasteiger partial charge in [0.05, 0.1) is 23.6 Å². The number of nitrogens with zero attached hydrogens (tertiary/aromatic N) is 5. The molecule has 1 N–H and O–H groups in total. The van der Waals surface area contributed by atoms with Gasteiger partial charge < -0.3 is 5.32 Å². The zero-order valence-corrected chi connectivity index (χ0v) is 15.0. The van der Waals surface area contributed by atoms with Crippen LogP contribution < -0.4 is 5.32 Å². The number of nitriles is 1. The third-order valence-electron chi connectivity index (χ3n) is 3.33. The van der Waals surface area contributed by atoms with E-state index in [4.69, 9.17) is 0 Å². The van der Waals surface area contributed by atoms with Gasteiger partial charge in [-0.2, -0.15) is 23.5 Å². The Morgan fingerprint density at radius 1 is 1.36 bits per heavy atom. The number of aryl methyl sites for hydroxylation is 1. The van der Waals surface area contributed by atoms with E-state index in [1.54, 1.807) is 33.9 Å². The molecule has 0 fully saturated rings. The number of alkyl halides is 3. The number of hydrogen-bond donors (Lipinski definition) is 1. The standard InChI is InChI=1S/C15H17F3N6S/c1-5-25-12-10(15(16,17)18)6-20-13(22-12)21-11-7-24(23-9(11)2)14(3,4)8-19/h6-7H,5H2,1-4H3,(H,20,21,22). The first-order chi connectivity index (χ1) is 11.6. The molecule has 0 amide bonds. The number of rotatable bonds is 5. The Hall–Kier alpha value is -2.28. The van der Waals surface area contributed by atoms with Crippen molar-refractivity contribution >= 4 is 23.4 Å². The molecule has 2 aromatic rings. The molecule has 134 valence electrons. The Morgan fingerprint density at radius 2 is 2.04 bits per heavy atom. The van der Waals surface area contributed by atoms with E-state index in [1.165, 1.54) is 4.68 Å². The molecule has 0 saturated heterocycles. The lowest BCUT2D eigenvalue weighted by Crippen LogP contribution is -2.24. The average molecular weight is 370 g/mol. The Morgan fingerprint density at radius 3 is 2.60 bits per heavy atom. The summed E-state index contributed by atoms with van der Waals surface area (Å²) in [5.41, 5.74) is -0.607. The van der Waals surface area contributed by atoms with Crippen LogP contribution in [0.15, 0.2) is 17.4 Å². The topological polar surface area (TPSA) is 79.4 Å². The second-order valence-corrected chi connectivity index (χ2v) is 6.96. The van der Waals surface area contributed by atoms with Crippen molar-refractivity contribution in [2.45, 2.75) is 44.4 Å². The summed E-state index contributed by atoms with van der Waals surface area (Å²) in [6, 6.07) is 2.13. The van der Waals surface area contributed by atoms with Gasteiger partial charge in [-0.1, -0.05) is 6.92 Å². The second-order valence-electron chi connectivity index (χ2n) is 5.71. The molecule has 0 radical (unpaired) electrons. The van der Waals surface area contributed by atoms with Crippen molar-refractivity contribution in [3.63, 3.8) is 0 Å². The van der Waals surface area contributed by atoms with E-state index in [0.717, 1.165) is 18.0 Å². The summed E-state index contributed by atoms with van der Waals surface area (Å²) in [7, 11) is 0. The minimum Gasteiger partial charge on any atom is -0.321 e. The predicted octanol–water partition coefficient (Wildman–Crippen LogP) is 4.11. The second kappa shape index (κ2) is 6.92. The number of nitrogens with one attached hydrogen (secondary N) is 1. The minimum atomic E-state index is -4.51. The highest BCUT2D eigenvalue weighted by Crippen LogP contribution is 2.36. The van der Waals surface area contributed by atoms with E-state index in [9.17, 15) is 18.4 Å². The van der Waals surface area contributed by atoms with Gasteiger partial charge in [0.25, 0.3) is 0 Å². The molecule has 2 aromatic heterocycles. The average Bonchev–Trinajstić information content (AvgIpc) is 2.88. The van der Waals surface area contributed by atoms with Crippen LogP contribution in [0, 0.1) is 18.3 Å². The Labute approximate surface area is 147 Å². The van der Waals surface area contributed by atoms with Crippen molar-refractivity contribution in [1.82, 2.24) is 19.7 Å². The van der Waals surface area contributed by atoms with Gasteiger partial charge in [0.1, 0.15) is 16.1 Å². The maximum Gasteiger partial charge on any atom is 0.420 e. The van der Waals surface area contributed by atoms with E-state index in [1.807, 2.05) is 0 Å². The quantitative estimate of drug-likeness (QED) is 0.630. The summed E-state index contributed by atoms with van der Waals surface area (Å²) in [5.74, 6) is 0.494. The highest BCUT2D eigenvalue weighted by atomic mass is 32.2.